The van der Waals surface area contributed by atoms with Gasteiger partial charge in [-0.2, -0.15) is 0 Å². The highest BCUT2D eigenvalue weighted by molar-refractivity contribution is 5.91. The largest absolute Gasteiger partial charge is 0.493 e. The standard InChI is InChI=1S/C23H23NO2/c1-18-11-13-21(14-12-18)26-16-15-23(25)24-22-10-6-5-9-20(22)17-19-7-3-2-4-8-19/h2-14H,15-17H2,1H3,(H,24,25). The molecule has 0 saturated carbocycles. The van der Waals surface area contributed by atoms with Crippen molar-refractivity contribution in [1.29, 1.82) is 0 Å². The average molecular weight is 345 g/mol. The van der Waals surface area contributed by atoms with Crippen molar-refractivity contribution in [2.45, 2.75) is 19.8 Å². The molecule has 0 radical (unpaired) electrons. The summed E-state index contributed by atoms with van der Waals surface area (Å²) in [7, 11) is 0. The van der Waals surface area contributed by atoms with E-state index >= 15 is 0 Å². The average Bonchev–Trinajstić information content (AvgIpc) is 2.66. The van der Waals surface area contributed by atoms with Gasteiger partial charge in [0.05, 0.1) is 13.0 Å². The van der Waals surface area contributed by atoms with Crippen LogP contribution in [-0.2, 0) is 11.2 Å². The summed E-state index contributed by atoms with van der Waals surface area (Å²) < 4.78 is 5.63. The SMILES string of the molecule is Cc1ccc(OCCC(=O)Nc2ccccc2Cc2ccccc2)cc1. The van der Waals surface area contributed by atoms with Gasteiger partial charge in [0, 0.05) is 5.69 Å². The van der Waals surface area contributed by atoms with Crippen LogP contribution in [0.25, 0.3) is 0 Å². The van der Waals surface area contributed by atoms with Gasteiger partial charge < -0.3 is 10.1 Å². The van der Waals surface area contributed by atoms with Crippen LogP contribution in [0.3, 0.4) is 0 Å². The van der Waals surface area contributed by atoms with Crippen molar-refractivity contribution in [2.75, 3.05) is 11.9 Å². The summed E-state index contributed by atoms with van der Waals surface area (Å²) in [5.74, 6) is 0.741. The fourth-order valence-electron chi connectivity index (χ4n) is 2.72. The Morgan fingerprint density at radius 1 is 0.885 bits per heavy atom. The number of hydrogen-bond acceptors (Lipinski definition) is 2. The first-order valence-electron chi connectivity index (χ1n) is 8.82. The van der Waals surface area contributed by atoms with Crippen molar-refractivity contribution in [3.8, 4) is 5.75 Å². The molecule has 0 fully saturated rings. The third-order valence-corrected chi connectivity index (χ3v) is 4.15. The molecule has 0 unspecified atom stereocenters. The minimum absolute atomic E-state index is 0.0439. The van der Waals surface area contributed by atoms with Gasteiger partial charge in [0.25, 0.3) is 0 Å². The number of hydrogen-bond donors (Lipinski definition) is 1. The summed E-state index contributed by atoms with van der Waals surface area (Å²) in [5.41, 5.74) is 4.37. The van der Waals surface area contributed by atoms with E-state index in [4.69, 9.17) is 4.74 Å². The minimum atomic E-state index is -0.0439. The Morgan fingerprint density at radius 3 is 2.35 bits per heavy atom. The summed E-state index contributed by atoms with van der Waals surface area (Å²) in [5, 5.41) is 3.01. The van der Waals surface area contributed by atoms with Gasteiger partial charge in [-0.25, -0.2) is 0 Å². The lowest BCUT2D eigenvalue weighted by atomic mass is 10.0. The number of carbonyl (C=O) groups is 1. The fourth-order valence-corrected chi connectivity index (χ4v) is 2.72. The number of para-hydroxylation sites is 1. The molecule has 0 saturated heterocycles. The minimum Gasteiger partial charge on any atom is -0.493 e. The number of ether oxygens (including phenoxy) is 1. The van der Waals surface area contributed by atoms with E-state index in [2.05, 4.69) is 17.4 Å². The molecule has 3 nitrogen and oxygen atoms in total. The molecule has 3 aromatic carbocycles. The zero-order chi connectivity index (χ0) is 18.2. The Bertz CT molecular complexity index is 842. The third-order valence-electron chi connectivity index (χ3n) is 4.15. The van der Waals surface area contributed by atoms with Crippen LogP contribution >= 0.6 is 0 Å². The summed E-state index contributed by atoms with van der Waals surface area (Å²) >= 11 is 0. The van der Waals surface area contributed by atoms with Crippen LogP contribution in [0.5, 0.6) is 5.75 Å². The number of anilines is 1. The maximum absolute atomic E-state index is 12.3. The lowest BCUT2D eigenvalue weighted by Crippen LogP contribution is -2.16. The smallest absolute Gasteiger partial charge is 0.227 e. The van der Waals surface area contributed by atoms with Crippen molar-refractivity contribution < 1.29 is 9.53 Å². The van der Waals surface area contributed by atoms with E-state index in [0.29, 0.717) is 13.0 Å². The molecule has 0 aliphatic rings. The second kappa shape index (κ2) is 8.86. The van der Waals surface area contributed by atoms with E-state index in [-0.39, 0.29) is 5.91 Å². The van der Waals surface area contributed by atoms with E-state index in [0.717, 1.165) is 23.4 Å². The lowest BCUT2D eigenvalue weighted by Gasteiger charge is -2.12. The molecular formula is C23H23NO2. The van der Waals surface area contributed by atoms with Crippen molar-refractivity contribution >= 4 is 11.6 Å². The molecule has 1 N–H and O–H groups in total. The molecule has 0 aliphatic carbocycles. The highest BCUT2D eigenvalue weighted by Crippen LogP contribution is 2.19. The zero-order valence-electron chi connectivity index (χ0n) is 14.9. The predicted octanol–water partition coefficient (Wildman–Crippen LogP) is 4.99. The Morgan fingerprint density at radius 2 is 1.58 bits per heavy atom. The zero-order valence-corrected chi connectivity index (χ0v) is 14.9. The predicted molar refractivity (Wildman–Crippen MR) is 106 cm³/mol. The number of benzene rings is 3. The first-order valence-corrected chi connectivity index (χ1v) is 8.82. The summed E-state index contributed by atoms with van der Waals surface area (Å²) in [4.78, 5) is 12.3. The van der Waals surface area contributed by atoms with Gasteiger partial charge in [0.1, 0.15) is 5.75 Å². The van der Waals surface area contributed by atoms with Gasteiger partial charge in [-0.1, -0.05) is 66.2 Å². The van der Waals surface area contributed by atoms with E-state index in [1.165, 1.54) is 11.1 Å². The Balaban J connectivity index is 1.55. The van der Waals surface area contributed by atoms with Gasteiger partial charge in [-0.15, -0.1) is 0 Å². The second-order valence-corrected chi connectivity index (χ2v) is 6.28. The van der Waals surface area contributed by atoms with Crippen molar-refractivity contribution in [1.82, 2.24) is 0 Å². The van der Waals surface area contributed by atoms with Gasteiger partial charge >= 0.3 is 0 Å². The maximum atomic E-state index is 12.3. The maximum Gasteiger partial charge on any atom is 0.227 e. The Hall–Kier alpha value is -3.07. The Labute approximate surface area is 154 Å². The van der Waals surface area contributed by atoms with Crippen LogP contribution in [0.2, 0.25) is 0 Å². The summed E-state index contributed by atoms with van der Waals surface area (Å²) in [6.45, 7) is 2.39. The molecule has 0 spiro atoms. The highest BCUT2D eigenvalue weighted by atomic mass is 16.5. The fraction of sp³-hybridized carbons (Fsp3) is 0.174. The van der Waals surface area contributed by atoms with Gasteiger partial charge in [0.2, 0.25) is 5.91 Å². The molecule has 0 aliphatic heterocycles. The third kappa shape index (κ3) is 5.21. The van der Waals surface area contributed by atoms with Crippen molar-refractivity contribution in [2.24, 2.45) is 0 Å². The molecule has 3 rings (SSSR count). The molecule has 3 aromatic rings. The molecule has 132 valence electrons. The van der Waals surface area contributed by atoms with Gasteiger partial charge in [-0.3, -0.25) is 4.79 Å². The first-order chi connectivity index (χ1) is 12.7. The monoisotopic (exact) mass is 345 g/mol. The lowest BCUT2D eigenvalue weighted by molar-refractivity contribution is -0.116. The molecule has 0 bridgehead atoms. The number of aryl methyl sites for hydroxylation is 1. The van der Waals surface area contributed by atoms with Crippen molar-refractivity contribution in [3.63, 3.8) is 0 Å². The number of carbonyl (C=O) groups excluding carboxylic acids is 1. The number of amides is 1. The van der Waals surface area contributed by atoms with Gasteiger partial charge in [0.15, 0.2) is 0 Å². The molecule has 26 heavy (non-hydrogen) atoms. The molecule has 3 heteroatoms. The molecular weight excluding hydrogens is 322 g/mol. The van der Waals surface area contributed by atoms with Crippen LogP contribution in [0.4, 0.5) is 5.69 Å². The van der Waals surface area contributed by atoms with E-state index in [1.54, 1.807) is 0 Å². The van der Waals surface area contributed by atoms with E-state index < -0.39 is 0 Å². The summed E-state index contributed by atoms with van der Waals surface area (Å²) in [6.07, 6.45) is 1.10. The van der Waals surface area contributed by atoms with Crippen LogP contribution in [-0.4, -0.2) is 12.5 Å². The summed E-state index contributed by atoms with van der Waals surface area (Å²) in [6, 6.07) is 26.0. The van der Waals surface area contributed by atoms with Crippen LogP contribution in [0, 0.1) is 6.92 Å². The normalized spacial score (nSPS) is 10.3. The van der Waals surface area contributed by atoms with E-state index in [9.17, 15) is 4.79 Å². The number of rotatable bonds is 7. The first kappa shape index (κ1) is 17.7. The second-order valence-electron chi connectivity index (χ2n) is 6.28. The number of nitrogens with one attached hydrogen (secondary N) is 1. The quantitative estimate of drug-likeness (QED) is 0.655. The molecule has 0 atom stereocenters. The van der Waals surface area contributed by atoms with Gasteiger partial charge in [-0.05, 0) is 42.7 Å². The highest BCUT2D eigenvalue weighted by Gasteiger charge is 2.07. The van der Waals surface area contributed by atoms with E-state index in [1.807, 2.05) is 73.7 Å². The van der Waals surface area contributed by atoms with Crippen LogP contribution in [0.15, 0.2) is 78.9 Å². The topological polar surface area (TPSA) is 38.3 Å². The molecule has 0 heterocycles. The molecule has 1 amide bonds. The van der Waals surface area contributed by atoms with Crippen LogP contribution < -0.4 is 10.1 Å². The van der Waals surface area contributed by atoms with Crippen molar-refractivity contribution in [3.05, 3.63) is 95.6 Å². The molecule has 0 aromatic heterocycles. The van der Waals surface area contributed by atoms with Crippen LogP contribution in [0.1, 0.15) is 23.1 Å². The Kier molecular flexibility index (Phi) is 6.05.